The van der Waals surface area contributed by atoms with Gasteiger partial charge in [0.05, 0.1) is 11.8 Å². The predicted molar refractivity (Wildman–Crippen MR) is 61.0 cm³/mol. The molecule has 0 saturated heterocycles. The zero-order valence-corrected chi connectivity index (χ0v) is 10.0. The molecule has 92 valence electrons. The Morgan fingerprint density at radius 1 is 1.31 bits per heavy atom. The van der Waals surface area contributed by atoms with Crippen molar-refractivity contribution in [3.63, 3.8) is 0 Å². The number of carbonyl (C=O) groups excluding carboxylic acids is 1. The second-order valence-electron chi connectivity index (χ2n) is 4.65. The maximum atomic E-state index is 11.9. The van der Waals surface area contributed by atoms with Crippen LogP contribution in [0.25, 0.3) is 0 Å². The third-order valence-corrected chi connectivity index (χ3v) is 3.42. The van der Waals surface area contributed by atoms with Crippen molar-refractivity contribution in [2.75, 3.05) is 0 Å². The summed E-state index contributed by atoms with van der Waals surface area (Å²) in [6.07, 6.45) is 4.09. The molecule has 3 atom stereocenters. The first-order chi connectivity index (χ1) is 7.56. The van der Waals surface area contributed by atoms with Crippen LogP contribution in [0, 0.1) is 11.8 Å². The van der Waals surface area contributed by atoms with Crippen LogP contribution in [0.4, 0.5) is 0 Å². The van der Waals surface area contributed by atoms with E-state index in [1.54, 1.807) is 0 Å². The SMILES string of the molecule is CC[C@@H](C)NC(=O)[C@H]1CCCC[C@@H]1C(=O)O. The van der Waals surface area contributed by atoms with E-state index in [1.165, 1.54) is 0 Å². The first-order valence-electron chi connectivity index (χ1n) is 6.09. The van der Waals surface area contributed by atoms with E-state index < -0.39 is 11.9 Å². The van der Waals surface area contributed by atoms with Gasteiger partial charge in [-0.05, 0) is 26.2 Å². The summed E-state index contributed by atoms with van der Waals surface area (Å²) in [5.41, 5.74) is 0. The van der Waals surface area contributed by atoms with Crippen LogP contribution in [0.3, 0.4) is 0 Å². The molecule has 0 aliphatic heterocycles. The standard InChI is InChI=1S/C12H21NO3/c1-3-8(2)13-11(14)9-6-4-5-7-10(9)12(15)16/h8-10H,3-7H2,1-2H3,(H,13,14)(H,15,16)/t8-,9+,10+/m1/s1. The molecule has 0 aromatic carbocycles. The maximum absolute atomic E-state index is 11.9. The molecule has 1 aliphatic rings. The van der Waals surface area contributed by atoms with Crippen LogP contribution >= 0.6 is 0 Å². The fraction of sp³-hybridized carbons (Fsp3) is 0.833. The molecular formula is C12H21NO3. The van der Waals surface area contributed by atoms with E-state index in [2.05, 4.69) is 5.32 Å². The topological polar surface area (TPSA) is 66.4 Å². The Kier molecular flexibility index (Phi) is 4.77. The molecule has 2 N–H and O–H groups in total. The zero-order chi connectivity index (χ0) is 12.1. The Balaban J connectivity index is 2.60. The quantitative estimate of drug-likeness (QED) is 0.769. The van der Waals surface area contributed by atoms with E-state index in [0.717, 1.165) is 19.3 Å². The largest absolute Gasteiger partial charge is 0.481 e. The lowest BCUT2D eigenvalue weighted by Gasteiger charge is -2.28. The smallest absolute Gasteiger partial charge is 0.307 e. The van der Waals surface area contributed by atoms with Crippen molar-refractivity contribution in [3.05, 3.63) is 0 Å². The number of carboxylic acid groups (broad SMARTS) is 1. The Labute approximate surface area is 96.4 Å². The van der Waals surface area contributed by atoms with Crippen molar-refractivity contribution in [1.29, 1.82) is 0 Å². The lowest BCUT2D eigenvalue weighted by molar-refractivity contribution is -0.149. The highest BCUT2D eigenvalue weighted by Gasteiger charge is 2.35. The number of carboxylic acids is 1. The van der Waals surface area contributed by atoms with Crippen molar-refractivity contribution in [1.82, 2.24) is 5.32 Å². The Hall–Kier alpha value is -1.06. The minimum absolute atomic E-state index is 0.0820. The van der Waals surface area contributed by atoms with Gasteiger partial charge in [0.2, 0.25) is 5.91 Å². The molecule has 1 saturated carbocycles. The van der Waals surface area contributed by atoms with Crippen LogP contribution in [-0.4, -0.2) is 23.0 Å². The summed E-state index contributed by atoms with van der Waals surface area (Å²) in [5, 5.41) is 12.0. The normalized spacial score (nSPS) is 27.1. The number of nitrogens with one attached hydrogen (secondary N) is 1. The number of carbonyl (C=O) groups is 2. The van der Waals surface area contributed by atoms with E-state index in [-0.39, 0.29) is 17.9 Å². The van der Waals surface area contributed by atoms with Crippen molar-refractivity contribution in [2.45, 2.75) is 52.0 Å². The van der Waals surface area contributed by atoms with Crippen LogP contribution < -0.4 is 5.32 Å². The van der Waals surface area contributed by atoms with E-state index in [1.807, 2.05) is 13.8 Å². The van der Waals surface area contributed by atoms with Crippen LogP contribution in [0.1, 0.15) is 46.0 Å². The monoisotopic (exact) mass is 227 g/mol. The summed E-state index contributed by atoms with van der Waals surface area (Å²) >= 11 is 0. The first kappa shape index (κ1) is 13.0. The Bertz CT molecular complexity index is 265. The number of hydrogen-bond donors (Lipinski definition) is 2. The number of rotatable bonds is 4. The first-order valence-corrected chi connectivity index (χ1v) is 6.09. The molecule has 0 spiro atoms. The summed E-state index contributed by atoms with van der Waals surface area (Å²) in [6, 6.07) is 0.129. The number of hydrogen-bond acceptors (Lipinski definition) is 2. The summed E-state index contributed by atoms with van der Waals surface area (Å²) < 4.78 is 0. The van der Waals surface area contributed by atoms with Crippen molar-refractivity contribution >= 4 is 11.9 Å². The molecule has 1 fully saturated rings. The summed E-state index contributed by atoms with van der Waals surface area (Å²) in [4.78, 5) is 23.0. The van der Waals surface area contributed by atoms with Gasteiger partial charge in [-0.15, -0.1) is 0 Å². The summed E-state index contributed by atoms with van der Waals surface area (Å²) in [6.45, 7) is 3.94. The number of aliphatic carboxylic acids is 1. The molecule has 0 radical (unpaired) electrons. The fourth-order valence-corrected chi connectivity index (χ4v) is 2.19. The molecule has 4 nitrogen and oxygen atoms in total. The molecule has 1 rings (SSSR count). The van der Waals surface area contributed by atoms with Gasteiger partial charge in [-0.25, -0.2) is 0 Å². The highest BCUT2D eigenvalue weighted by Crippen LogP contribution is 2.30. The predicted octanol–water partition coefficient (Wildman–Crippen LogP) is 1.79. The van der Waals surface area contributed by atoms with Gasteiger partial charge in [0.25, 0.3) is 0 Å². The van der Waals surface area contributed by atoms with E-state index in [9.17, 15) is 9.59 Å². The molecule has 0 aromatic rings. The molecule has 0 heterocycles. The van der Waals surface area contributed by atoms with Crippen LogP contribution in [0.5, 0.6) is 0 Å². The highest BCUT2D eigenvalue weighted by molar-refractivity contribution is 5.85. The average Bonchev–Trinajstić information content (AvgIpc) is 2.28. The van der Waals surface area contributed by atoms with Gasteiger partial charge >= 0.3 is 5.97 Å². The molecule has 4 heteroatoms. The molecule has 1 amide bonds. The minimum atomic E-state index is -0.830. The van der Waals surface area contributed by atoms with E-state index in [4.69, 9.17) is 5.11 Å². The van der Waals surface area contributed by atoms with E-state index >= 15 is 0 Å². The summed E-state index contributed by atoms with van der Waals surface area (Å²) in [5.74, 6) is -1.73. The van der Waals surface area contributed by atoms with E-state index in [0.29, 0.717) is 12.8 Å². The molecule has 0 aromatic heterocycles. The van der Waals surface area contributed by atoms with Gasteiger partial charge in [0.15, 0.2) is 0 Å². The van der Waals surface area contributed by atoms with Crippen molar-refractivity contribution < 1.29 is 14.7 Å². The zero-order valence-electron chi connectivity index (χ0n) is 10.0. The second kappa shape index (κ2) is 5.87. The lowest BCUT2D eigenvalue weighted by atomic mass is 9.78. The van der Waals surface area contributed by atoms with Crippen LogP contribution in [0.2, 0.25) is 0 Å². The van der Waals surface area contributed by atoms with Crippen LogP contribution in [-0.2, 0) is 9.59 Å². The molecule has 0 unspecified atom stereocenters. The highest BCUT2D eigenvalue weighted by atomic mass is 16.4. The molecule has 0 bridgehead atoms. The third-order valence-electron chi connectivity index (χ3n) is 3.42. The van der Waals surface area contributed by atoms with Gasteiger partial charge in [0.1, 0.15) is 0 Å². The van der Waals surface area contributed by atoms with Crippen molar-refractivity contribution in [3.8, 4) is 0 Å². The van der Waals surface area contributed by atoms with Gasteiger partial charge in [-0.3, -0.25) is 9.59 Å². The second-order valence-corrected chi connectivity index (χ2v) is 4.65. The molecular weight excluding hydrogens is 206 g/mol. The van der Waals surface area contributed by atoms with Gasteiger partial charge in [-0.2, -0.15) is 0 Å². The lowest BCUT2D eigenvalue weighted by Crippen LogP contribution is -2.42. The average molecular weight is 227 g/mol. The third kappa shape index (κ3) is 3.22. The maximum Gasteiger partial charge on any atom is 0.307 e. The van der Waals surface area contributed by atoms with Crippen molar-refractivity contribution in [2.24, 2.45) is 11.8 Å². The number of amides is 1. The van der Waals surface area contributed by atoms with Crippen LogP contribution in [0.15, 0.2) is 0 Å². The Morgan fingerprint density at radius 2 is 1.88 bits per heavy atom. The molecule has 1 aliphatic carbocycles. The van der Waals surface area contributed by atoms with Gasteiger partial charge in [0, 0.05) is 6.04 Å². The van der Waals surface area contributed by atoms with Gasteiger partial charge < -0.3 is 10.4 Å². The summed E-state index contributed by atoms with van der Waals surface area (Å²) in [7, 11) is 0. The fourth-order valence-electron chi connectivity index (χ4n) is 2.19. The molecule has 16 heavy (non-hydrogen) atoms. The minimum Gasteiger partial charge on any atom is -0.481 e. The Morgan fingerprint density at radius 3 is 2.38 bits per heavy atom. The van der Waals surface area contributed by atoms with Gasteiger partial charge in [-0.1, -0.05) is 19.8 Å².